The highest BCUT2D eigenvalue weighted by Gasteiger charge is 2.27. The van der Waals surface area contributed by atoms with Gasteiger partial charge in [0.1, 0.15) is 34.4 Å². The molecule has 0 spiro atoms. The van der Waals surface area contributed by atoms with Crippen molar-refractivity contribution in [1.29, 1.82) is 10.5 Å². The van der Waals surface area contributed by atoms with E-state index in [9.17, 15) is 5.26 Å². The number of hydrogen-bond donors (Lipinski definition) is 0. The number of benzene rings is 2. The van der Waals surface area contributed by atoms with Gasteiger partial charge in [-0.25, -0.2) is 9.97 Å². The number of anilines is 1. The van der Waals surface area contributed by atoms with Crippen LogP contribution in [0.25, 0.3) is 11.4 Å². The number of ether oxygens (including phenoxy) is 2. The van der Waals surface area contributed by atoms with Gasteiger partial charge < -0.3 is 14.4 Å². The zero-order chi connectivity index (χ0) is 25.6. The van der Waals surface area contributed by atoms with Gasteiger partial charge in [-0.1, -0.05) is 36.4 Å². The number of fused-ring (bicyclic) bond motifs is 1. The summed E-state index contributed by atoms with van der Waals surface area (Å²) >= 11 is 3.09. The molecule has 0 bridgehead atoms. The summed E-state index contributed by atoms with van der Waals surface area (Å²) in [6.45, 7) is 4.74. The fourth-order valence-corrected chi connectivity index (χ4v) is 5.94. The van der Waals surface area contributed by atoms with Gasteiger partial charge in [0.2, 0.25) is 6.10 Å². The predicted molar refractivity (Wildman–Crippen MR) is 145 cm³/mol. The summed E-state index contributed by atoms with van der Waals surface area (Å²) in [5.74, 6) is 2.84. The second-order valence-corrected chi connectivity index (χ2v) is 10.4. The van der Waals surface area contributed by atoms with Crippen molar-refractivity contribution in [1.82, 2.24) is 14.9 Å². The van der Waals surface area contributed by atoms with Gasteiger partial charge in [0.25, 0.3) is 0 Å². The highest BCUT2D eigenvalue weighted by Crippen LogP contribution is 2.41. The summed E-state index contributed by atoms with van der Waals surface area (Å²) in [6.07, 6.45) is 1.37. The molecule has 0 amide bonds. The van der Waals surface area contributed by atoms with Crippen LogP contribution in [0.1, 0.15) is 5.56 Å². The van der Waals surface area contributed by atoms with Crippen LogP contribution in [0.4, 0.5) is 5.69 Å². The first kappa shape index (κ1) is 25.2. The average molecular weight is 531 g/mol. The first-order valence-corrected chi connectivity index (χ1v) is 14.2. The molecule has 8 nitrogen and oxygen atoms in total. The minimum atomic E-state index is -0.565. The van der Waals surface area contributed by atoms with E-state index in [1.54, 1.807) is 11.8 Å². The maximum atomic E-state index is 9.78. The minimum absolute atomic E-state index is 0.246. The number of nitrogens with zero attached hydrogens (tertiary/aromatic N) is 6. The Hall–Kier alpha value is -3.44. The summed E-state index contributed by atoms with van der Waals surface area (Å²) in [6, 6.07) is 20.1. The van der Waals surface area contributed by atoms with Gasteiger partial charge in [-0.15, -0.1) is 23.5 Å². The van der Waals surface area contributed by atoms with E-state index >= 15 is 0 Å². The third kappa shape index (κ3) is 5.62. The molecular formula is C27H26N6O2S2. The van der Waals surface area contributed by atoms with E-state index in [2.05, 4.69) is 26.9 Å². The quantitative estimate of drug-likeness (QED) is 0.324. The molecule has 0 radical (unpaired) electrons. The van der Waals surface area contributed by atoms with Crippen molar-refractivity contribution < 1.29 is 9.47 Å². The Morgan fingerprint density at radius 3 is 2.51 bits per heavy atom. The van der Waals surface area contributed by atoms with Gasteiger partial charge in [0.15, 0.2) is 17.3 Å². The lowest BCUT2D eigenvalue weighted by molar-refractivity contribution is 0.128. The van der Waals surface area contributed by atoms with E-state index in [0.717, 1.165) is 60.5 Å². The molecular weight excluding hydrogens is 504 g/mol. The number of aromatic nitrogens is 2. The molecule has 3 aromatic rings. The van der Waals surface area contributed by atoms with E-state index in [-0.39, 0.29) is 6.61 Å². The van der Waals surface area contributed by atoms with E-state index in [1.807, 2.05) is 54.8 Å². The van der Waals surface area contributed by atoms with Crippen LogP contribution in [0.5, 0.6) is 11.5 Å². The molecule has 2 aromatic carbocycles. The highest BCUT2D eigenvalue weighted by atomic mass is 32.2. The molecule has 37 heavy (non-hydrogen) atoms. The first-order chi connectivity index (χ1) is 18.2. The minimum Gasteiger partial charge on any atom is -0.482 e. The molecule has 1 fully saturated rings. The van der Waals surface area contributed by atoms with Gasteiger partial charge in [0, 0.05) is 44.0 Å². The van der Waals surface area contributed by atoms with Crippen molar-refractivity contribution >= 4 is 29.2 Å². The van der Waals surface area contributed by atoms with E-state index in [1.165, 1.54) is 11.8 Å². The molecule has 3 heterocycles. The van der Waals surface area contributed by atoms with Gasteiger partial charge in [-0.05, 0) is 18.4 Å². The molecule has 2 aliphatic rings. The van der Waals surface area contributed by atoms with Crippen molar-refractivity contribution in [2.45, 2.75) is 16.2 Å². The Labute approximate surface area is 225 Å². The number of hydrogen-bond acceptors (Lipinski definition) is 10. The lowest BCUT2D eigenvalue weighted by Gasteiger charge is -2.37. The molecule has 1 atom stereocenters. The summed E-state index contributed by atoms with van der Waals surface area (Å²) in [7, 11) is 0. The van der Waals surface area contributed by atoms with Crippen LogP contribution in [-0.4, -0.2) is 72.3 Å². The molecule has 2 aliphatic heterocycles. The average Bonchev–Trinajstić information content (AvgIpc) is 2.97. The van der Waals surface area contributed by atoms with E-state index < -0.39 is 6.10 Å². The fourth-order valence-electron chi connectivity index (χ4n) is 4.37. The highest BCUT2D eigenvalue weighted by molar-refractivity contribution is 7.99. The van der Waals surface area contributed by atoms with Crippen LogP contribution < -0.4 is 14.4 Å². The van der Waals surface area contributed by atoms with Crippen molar-refractivity contribution in [3.05, 3.63) is 54.1 Å². The van der Waals surface area contributed by atoms with Gasteiger partial charge in [-0.3, -0.25) is 4.90 Å². The van der Waals surface area contributed by atoms with Crippen molar-refractivity contribution in [3.63, 3.8) is 0 Å². The van der Waals surface area contributed by atoms with E-state index in [0.29, 0.717) is 22.2 Å². The monoisotopic (exact) mass is 530 g/mol. The van der Waals surface area contributed by atoms with Crippen molar-refractivity contribution in [2.24, 2.45) is 0 Å². The maximum Gasteiger partial charge on any atom is 0.218 e. The summed E-state index contributed by atoms with van der Waals surface area (Å²) in [5.41, 5.74) is 2.51. The van der Waals surface area contributed by atoms with Gasteiger partial charge in [-0.2, -0.15) is 10.5 Å². The summed E-state index contributed by atoms with van der Waals surface area (Å²) in [4.78, 5) is 14.1. The van der Waals surface area contributed by atoms with Crippen LogP contribution in [0.15, 0.2) is 58.6 Å². The van der Waals surface area contributed by atoms with Crippen LogP contribution in [0.2, 0.25) is 0 Å². The summed E-state index contributed by atoms with van der Waals surface area (Å²) < 4.78 is 11.6. The number of para-hydroxylation sites is 1. The zero-order valence-electron chi connectivity index (χ0n) is 20.5. The lowest BCUT2D eigenvalue weighted by Crippen LogP contribution is -2.47. The third-order valence-corrected chi connectivity index (χ3v) is 7.93. The van der Waals surface area contributed by atoms with Crippen LogP contribution in [0.3, 0.4) is 0 Å². The molecule has 1 aromatic heterocycles. The second-order valence-electron chi connectivity index (χ2n) is 8.54. The Morgan fingerprint density at radius 2 is 1.78 bits per heavy atom. The molecule has 0 saturated carbocycles. The Bertz CT molecular complexity index is 1330. The fraction of sp³-hybridized carbons (Fsp3) is 0.333. The van der Waals surface area contributed by atoms with Crippen molar-refractivity contribution in [2.75, 3.05) is 56.2 Å². The largest absolute Gasteiger partial charge is 0.482 e. The molecule has 0 N–H and O–H groups in total. The van der Waals surface area contributed by atoms with Crippen LogP contribution >= 0.6 is 23.5 Å². The Kier molecular flexibility index (Phi) is 8.00. The normalized spacial score (nSPS) is 17.2. The molecule has 1 unspecified atom stereocenters. The number of nitriles is 2. The lowest BCUT2D eigenvalue weighted by atomic mass is 10.2. The number of rotatable bonds is 7. The van der Waals surface area contributed by atoms with Crippen molar-refractivity contribution in [3.8, 4) is 35.0 Å². The van der Waals surface area contributed by atoms with Crippen LogP contribution in [0, 0.1) is 22.7 Å². The smallest absolute Gasteiger partial charge is 0.218 e. The standard InChI is InChI=1S/C27H26N6O2S2/c1-36-26-21(17-29)27(31-25(30-26)19-6-3-2-4-7-19)37-15-14-32-10-12-33(13-11-32)22-8-5-9-23-24(22)34-18-20(16-28)35-23/h2-9,20H,10-15,18H2,1H3. The first-order valence-electron chi connectivity index (χ1n) is 12.0. The molecule has 1 saturated heterocycles. The maximum absolute atomic E-state index is 9.78. The molecule has 0 aliphatic carbocycles. The third-order valence-electron chi connectivity index (χ3n) is 6.29. The molecule has 10 heteroatoms. The molecule has 188 valence electrons. The predicted octanol–water partition coefficient (Wildman–Crippen LogP) is 4.31. The Balaban J connectivity index is 1.20. The number of thioether (sulfide) groups is 2. The molecule has 5 rings (SSSR count). The van der Waals surface area contributed by atoms with E-state index in [4.69, 9.17) is 19.7 Å². The second kappa shape index (κ2) is 11.7. The number of piperazine rings is 1. The van der Waals surface area contributed by atoms with Crippen LogP contribution in [-0.2, 0) is 0 Å². The Morgan fingerprint density at radius 1 is 1.00 bits per heavy atom. The van der Waals surface area contributed by atoms with Gasteiger partial charge >= 0.3 is 0 Å². The summed E-state index contributed by atoms with van der Waals surface area (Å²) in [5, 5.41) is 20.4. The zero-order valence-corrected chi connectivity index (χ0v) is 22.1. The SMILES string of the molecule is CSc1nc(-c2ccccc2)nc(SCCN2CCN(c3cccc4c3OCC(C#N)O4)CC2)c1C#N. The van der Waals surface area contributed by atoms with Gasteiger partial charge in [0.05, 0.1) is 5.69 Å². The topological polar surface area (TPSA) is 98.3 Å².